The average molecular weight is 293 g/mol. The van der Waals surface area contributed by atoms with Gasteiger partial charge in [-0.05, 0) is 72.8 Å². The van der Waals surface area contributed by atoms with E-state index in [0.29, 0.717) is 11.4 Å². The third kappa shape index (κ3) is 2.86. The van der Waals surface area contributed by atoms with Gasteiger partial charge in [-0.25, -0.2) is 4.39 Å². The second-order valence-corrected chi connectivity index (χ2v) is 4.99. The predicted molar refractivity (Wildman–Crippen MR) is 89.9 cm³/mol. The molecule has 0 saturated carbocycles. The molecule has 0 aliphatic carbocycles. The number of rotatable bonds is 3. The first-order valence-electron chi connectivity index (χ1n) is 6.90. The van der Waals surface area contributed by atoms with Crippen molar-refractivity contribution in [2.75, 3.05) is 16.4 Å². The molecule has 0 aliphatic rings. The first kappa shape index (κ1) is 13.9. The minimum Gasteiger partial charge on any atom is -0.399 e. The number of hydrogen-bond donors (Lipinski definition) is 2. The van der Waals surface area contributed by atoms with Crippen LogP contribution in [0.4, 0.5) is 32.8 Å². The number of nitrogen functional groups attached to an aromatic ring is 2. The molecule has 22 heavy (non-hydrogen) atoms. The summed E-state index contributed by atoms with van der Waals surface area (Å²) < 4.78 is 13.2. The molecule has 0 bridgehead atoms. The van der Waals surface area contributed by atoms with Crippen LogP contribution in [0.1, 0.15) is 0 Å². The standard InChI is InChI=1S/C18H16FN3/c19-13-1-7-16(8-2-13)22(17-9-3-14(20)4-10-17)18-11-5-15(21)6-12-18/h1-12H,20-21H2. The van der Waals surface area contributed by atoms with Gasteiger partial charge in [0, 0.05) is 28.4 Å². The molecule has 0 amide bonds. The highest BCUT2D eigenvalue weighted by Gasteiger charge is 2.12. The summed E-state index contributed by atoms with van der Waals surface area (Å²) in [5.74, 6) is -0.265. The van der Waals surface area contributed by atoms with Gasteiger partial charge in [-0.15, -0.1) is 0 Å². The third-order valence-corrected chi connectivity index (χ3v) is 3.39. The van der Waals surface area contributed by atoms with E-state index in [1.807, 2.05) is 53.4 Å². The van der Waals surface area contributed by atoms with Gasteiger partial charge < -0.3 is 16.4 Å². The zero-order chi connectivity index (χ0) is 15.5. The number of nitrogens with zero attached hydrogens (tertiary/aromatic N) is 1. The van der Waals surface area contributed by atoms with Crippen LogP contribution >= 0.6 is 0 Å². The smallest absolute Gasteiger partial charge is 0.123 e. The Labute approximate surface area is 128 Å². The molecule has 0 radical (unpaired) electrons. The highest BCUT2D eigenvalue weighted by atomic mass is 19.1. The van der Waals surface area contributed by atoms with Crippen molar-refractivity contribution in [1.29, 1.82) is 0 Å². The summed E-state index contributed by atoms with van der Waals surface area (Å²) in [6.07, 6.45) is 0. The molecular weight excluding hydrogens is 277 g/mol. The maximum atomic E-state index is 13.2. The molecular formula is C18H16FN3. The largest absolute Gasteiger partial charge is 0.399 e. The lowest BCUT2D eigenvalue weighted by molar-refractivity contribution is 0.628. The summed E-state index contributed by atoms with van der Waals surface area (Å²) in [4.78, 5) is 2.01. The van der Waals surface area contributed by atoms with Crippen LogP contribution in [0, 0.1) is 5.82 Å². The van der Waals surface area contributed by atoms with Gasteiger partial charge in [-0.2, -0.15) is 0 Å². The fourth-order valence-electron chi connectivity index (χ4n) is 2.28. The van der Waals surface area contributed by atoms with E-state index in [0.717, 1.165) is 17.1 Å². The Kier molecular flexibility index (Phi) is 3.66. The van der Waals surface area contributed by atoms with Crippen LogP contribution in [-0.4, -0.2) is 0 Å². The third-order valence-electron chi connectivity index (χ3n) is 3.39. The molecule has 3 rings (SSSR count). The Bertz CT molecular complexity index is 642. The Morgan fingerprint density at radius 1 is 0.545 bits per heavy atom. The van der Waals surface area contributed by atoms with Crippen LogP contribution in [-0.2, 0) is 0 Å². The van der Waals surface area contributed by atoms with Gasteiger partial charge in [0.25, 0.3) is 0 Å². The van der Waals surface area contributed by atoms with Crippen molar-refractivity contribution < 1.29 is 4.39 Å². The van der Waals surface area contributed by atoms with Crippen molar-refractivity contribution >= 4 is 28.4 Å². The predicted octanol–water partition coefficient (Wildman–Crippen LogP) is 4.46. The van der Waals surface area contributed by atoms with Crippen LogP contribution in [0.5, 0.6) is 0 Å². The van der Waals surface area contributed by atoms with E-state index in [2.05, 4.69) is 0 Å². The second kappa shape index (κ2) is 5.77. The van der Waals surface area contributed by atoms with Crippen molar-refractivity contribution in [2.24, 2.45) is 0 Å². The van der Waals surface area contributed by atoms with Crippen molar-refractivity contribution in [2.45, 2.75) is 0 Å². The van der Waals surface area contributed by atoms with Crippen LogP contribution in [0.2, 0.25) is 0 Å². The molecule has 4 heteroatoms. The SMILES string of the molecule is Nc1ccc(N(c2ccc(N)cc2)c2ccc(F)cc2)cc1. The van der Waals surface area contributed by atoms with Crippen LogP contribution in [0.3, 0.4) is 0 Å². The van der Waals surface area contributed by atoms with Gasteiger partial charge in [-0.1, -0.05) is 0 Å². The molecule has 4 N–H and O–H groups in total. The summed E-state index contributed by atoms with van der Waals surface area (Å²) >= 11 is 0. The molecule has 0 saturated heterocycles. The molecule has 3 aromatic rings. The van der Waals surface area contributed by atoms with E-state index in [4.69, 9.17) is 11.5 Å². The fraction of sp³-hybridized carbons (Fsp3) is 0. The summed E-state index contributed by atoms with van der Waals surface area (Å²) in [5.41, 5.74) is 15.6. The summed E-state index contributed by atoms with van der Waals surface area (Å²) in [5, 5.41) is 0. The zero-order valence-corrected chi connectivity index (χ0v) is 11.9. The van der Waals surface area contributed by atoms with Gasteiger partial charge in [0.05, 0.1) is 0 Å². The number of anilines is 5. The van der Waals surface area contributed by atoms with E-state index >= 15 is 0 Å². The van der Waals surface area contributed by atoms with E-state index in [9.17, 15) is 4.39 Å². The molecule has 3 aromatic carbocycles. The van der Waals surface area contributed by atoms with Gasteiger partial charge in [0.15, 0.2) is 0 Å². The van der Waals surface area contributed by atoms with Crippen LogP contribution in [0.15, 0.2) is 72.8 Å². The van der Waals surface area contributed by atoms with E-state index in [1.54, 1.807) is 12.1 Å². The Balaban J connectivity index is 2.10. The molecule has 0 fully saturated rings. The van der Waals surface area contributed by atoms with Crippen LogP contribution < -0.4 is 16.4 Å². The summed E-state index contributed by atoms with van der Waals surface area (Å²) in [6, 6.07) is 21.4. The molecule has 0 spiro atoms. The normalized spacial score (nSPS) is 10.4. The highest BCUT2D eigenvalue weighted by molar-refractivity contribution is 5.77. The van der Waals surface area contributed by atoms with E-state index in [1.165, 1.54) is 12.1 Å². The Morgan fingerprint density at radius 2 is 0.864 bits per heavy atom. The zero-order valence-electron chi connectivity index (χ0n) is 11.9. The first-order chi connectivity index (χ1) is 10.6. The number of benzene rings is 3. The van der Waals surface area contributed by atoms with E-state index in [-0.39, 0.29) is 5.82 Å². The van der Waals surface area contributed by atoms with Crippen molar-refractivity contribution in [1.82, 2.24) is 0 Å². The first-order valence-corrected chi connectivity index (χ1v) is 6.90. The van der Waals surface area contributed by atoms with Gasteiger partial charge in [0.1, 0.15) is 5.82 Å². The minimum absolute atomic E-state index is 0.265. The summed E-state index contributed by atoms with van der Waals surface area (Å²) in [6.45, 7) is 0. The molecule has 0 aromatic heterocycles. The van der Waals surface area contributed by atoms with Crippen molar-refractivity contribution in [3.63, 3.8) is 0 Å². The maximum absolute atomic E-state index is 13.2. The number of nitrogens with two attached hydrogens (primary N) is 2. The van der Waals surface area contributed by atoms with Crippen molar-refractivity contribution in [3.05, 3.63) is 78.6 Å². The fourth-order valence-corrected chi connectivity index (χ4v) is 2.28. The highest BCUT2D eigenvalue weighted by Crippen LogP contribution is 2.35. The monoisotopic (exact) mass is 293 g/mol. The lowest BCUT2D eigenvalue weighted by atomic mass is 10.1. The average Bonchev–Trinajstić information content (AvgIpc) is 2.53. The lowest BCUT2D eigenvalue weighted by Crippen LogP contribution is -2.10. The number of halogens is 1. The van der Waals surface area contributed by atoms with Crippen LogP contribution in [0.25, 0.3) is 0 Å². The molecule has 0 atom stereocenters. The number of hydrogen-bond acceptors (Lipinski definition) is 3. The Hall–Kier alpha value is -3.01. The molecule has 0 aliphatic heterocycles. The Morgan fingerprint density at radius 3 is 1.23 bits per heavy atom. The molecule has 0 unspecified atom stereocenters. The van der Waals surface area contributed by atoms with Gasteiger partial charge >= 0.3 is 0 Å². The second-order valence-electron chi connectivity index (χ2n) is 4.99. The lowest BCUT2D eigenvalue weighted by Gasteiger charge is -2.25. The molecule has 0 heterocycles. The maximum Gasteiger partial charge on any atom is 0.123 e. The molecule has 3 nitrogen and oxygen atoms in total. The van der Waals surface area contributed by atoms with E-state index < -0.39 is 0 Å². The summed E-state index contributed by atoms with van der Waals surface area (Å²) in [7, 11) is 0. The van der Waals surface area contributed by atoms with Gasteiger partial charge in [-0.3, -0.25) is 0 Å². The topological polar surface area (TPSA) is 55.3 Å². The quantitative estimate of drug-likeness (QED) is 0.701. The van der Waals surface area contributed by atoms with Gasteiger partial charge in [0.2, 0.25) is 0 Å². The minimum atomic E-state index is -0.265. The molecule has 110 valence electrons. The van der Waals surface area contributed by atoms with Crippen molar-refractivity contribution in [3.8, 4) is 0 Å².